The van der Waals surface area contributed by atoms with Crippen LogP contribution in [0, 0.1) is 5.82 Å². The van der Waals surface area contributed by atoms with Gasteiger partial charge in [0.2, 0.25) is 5.91 Å². The molecular formula is C17H16FN3O2S. The molecule has 0 radical (unpaired) electrons. The van der Waals surface area contributed by atoms with Crippen molar-refractivity contribution >= 4 is 34.4 Å². The van der Waals surface area contributed by atoms with Crippen LogP contribution in [0.3, 0.4) is 0 Å². The zero-order chi connectivity index (χ0) is 16.9. The van der Waals surface area contributed by atoms with Crippen molar-refractivity contribution in [2.75, 3.05) is 17.7 Å². The average molecular weight is 345 g/mol. The Morgan fingerprint density at radius 1 is 1.29 bits per heavy atom. The smallest absolute Gasteiger partial charge is 0.234 e. The number of aromatic amines is 1. The third-order valence-corrected chi connectivity index (χ3v) is 4.08. The minimum absolute atomic E-state index is 0.179. The lowest BCUT2D eigenvalue weighted by atomic mass is 10.3. The van der Waals surface area contributed by atoms with E-state index in [4.69, 9.17) is 4.74 Å². The molecule has 3 rings (SSSR count). The van der Waals surface area contributed by atoms with E-state index in [1.807, 2.05) is 25.1 Å². The summed E-state index contributed by atoms with van der Waals surface area (Å²) in [7, 11) is 0. The van der Waals surface area contributed by atoms with Gasteiger partial charge in [0.25, 0.3) is 0 Å². The number of thioether (sulfide) groups is 1. The van der Waals surface area contributed by atoms with E-state index in [0.717, 1.165) is 16.8 Å². The molecule has 2 N–H and O–H groups in total. The Balaban J connectivity index is 1.60. The fourth-order valence-corrected chi connectivity index (χ4v) is 2.84. The topological polar surface area (TPSA) is 67.0 Å². The fraction of sp³-hybridized carbons (Fsp3) is 0.176. The van der Waals surface area contributed by atoms with Gasteiger partial charge in [-0.05, 0) is 43.3 Å². The number of hydrogen-bond acceptors (Lipinski definition) is 4. The Morgan fingerprint density at radius 3 is 2.83 bits per heavy atom. The highest BCUT2D eigenvalue weighted by Crippen LogP contribution is 2.23. The third-order valence-electron chi connectivity index (χ3n) is 3.21. The fourth-order valence-electron chi connectivity index (χ4n) is 2.15. The van der Waals surface area contributed by atoms with E-state index < -0.39 is 0 Å². The first kappa shape index (κ1) is 16.3. The van der Waals surface area contributed by atoms with Crippen LogP contribution >= 0.6 is 11.8 Å². The van der Waals surface area contributed by atoms with Gasteiger partial charge in [0.1, 0.15) is 11.6 Å². The van der Waals surface area contributed by atoms with Crippen molar-refractivity contribution in [3.8, 4) is 5.75 Å². The van der Waals surface area contributed by atoms with Crippen LogP contribution in [0.15, 0.2) is 47.6 Å². The average Bonchev–Trinajstić information content (AvgIpc) is 2.98. The molecule has 0 aliphatic rings. The minimum atomic E-state index is -0.337. The molecule has 1 aromatic heterocycles. The maximum absolute atomic E-state index is 12.8. The van der Waals surface area contributed by atoms with E-state index in [2.05, 4.69) is 15.3 Å². The van der Waals surface area contributed by atoms with Crippen molar-refractivity contribution in [1.82, 2.24) is 9.97 Å². The van der Waals surface area contributed by atoms with Gasteiger partial charge in [-0.1, -0.05) is 11.8 Å². The summed E-state index contributed by atoms with van der Waals surface area (Å²) in [6.45, 7) is 2.53. The van der Waals surface area contributed by atoms with Crippen LogP contribution in [0.4, 0.5) is 10.1 Å². The third kappa shape index (κ3) is 4.05. The highest BCUT2D eigenvalue weighted by molar-refractivity contribution is 7.99. The molecule has 24 heavy (non-hydrogen) atoms. The maximum atomic E-state index is 12.8. The second-order valence-corrected chi connectivity index (χ2v) is 5.96. The van der Waals surface area contributed by atoms with Gasteiger partial charge in [0.05, 0.1) is 23.4 Å². The molecule has 0 atom stereocenters. The van der Waals surface area contributed by atoms with Gasteiger partial charge < -0.3 is 15.0 Å². The van der Waals surface area contributed by atoms with Crippen LogP contribution in [0.25, 0.3) is 11.0 Å². The van der Waals surface area contributed by atoms with Gasteiger partial charge in [-0.15, -0.1) is 0 Å². The second-order valence-electron chi connectivity index (χ2n) is 5.00. The summed E-state index contributed by atoms with van der Waals surface area (Å²) < 4.78 is 18.3. The standard InChI is InChI=1S/C17H16FN3O2S/c1-2-23-13-7-8-14-15(9-13)21-17(20-14)24-10-16(22)19-12-5-3-11(18)4-6-12/h3-9H,2,10H2,1H3,(H,19,22)(H,20,21). The van der Waals surface area contributed by atoms with Gasteiger partial charge in [-0.3, -0.25) is 4.79 Å². The molecular weight excluding hydrogens is 329 g/mol. The van der Waals surface area contributed by atoms with Crippen molar-refractivity contribution in [1.29, 1.82) is 0 Å². The summed E-state index contributed by atoms with van der Waals surface area (Å²) in [4.78, 5) is 19.5. The van der Waals surface area contributed by atoms with E-state index in [-0.39, 0.29) is 17.5 Å². The van der Waals surface area contributed by atoms with E-state index in [9.17, 15) is 9.18 Å². The predicted molar refractivity (Wildman–Crippen MR) is 93.0 cm³/mol. The zero-order valence-electron chi connectivity index (χ0n) is 13.0. The lowest BCUT2D eigenvalue weighted by Gasteiger charge is -2.03. The molecule has 0 unspecified atom stereocenters. The molecule has 2 aromatic carbocycles. The number of nitrogens with zero attached hydrogens (tertiary/aromatic N) is 1. The summed E-state index contributed by atoms with van der Waals surface area (Å²) in [5, 5.41) is 3.37. The van der Waals surface area contributed by atoms with Gasteiger partial charge in [0.15, 0.2) is 5.16 Å². The number of anilines is 1. The van der Waals surface area contributed by atoms with Crippen molar-refractivity contribution in [2.45, 2.75) is 12.1 Å². The molecule has 0 bridgehead atoms. The highest BCUT2D eigenvalue weighted by Gasteiger charge is 2.08. The lowest BCUT2D eigenvalue weighted by molar-refractivity contribution is -0.113. The quantitative estimate of drug-likeness (QED) is 0.666. The summed E-state index contributed by atoms with van der Waals surface area (Å²) in [5.41, 5.74) is 2.25. The van der Waals surface area contributed by atoms with Crippen molar-refractivity contribution in [3.05, 3.63) is 48.3 Å². The molecule has 0 saturated heterocycles. The molecule has 5 nitrogen and oxygen atoms in total. The number of halogens is 1. The SMILES string of the molecule is CCOc1ccc2nc(SCC(=O)Nc3ccc(F)cc3)[nH]c2c1. The van der Waals surface area contributed by atoms with E-state index in [0.29, 0.717) is 17.5 Å². The largest absolute Gasteiger partial charge is 0.494 e. The van der Waals surface area contributed by atoms with Crippen LogP contribution in [0.5, 0.6) is 5.75 Å². The number of fused-ring (bicyclic) bond motifs is 1. The monoisotopic (exact) mass is 345 g/mol. The van der Waals surface area contributed by atoms with Gasteiger partial charge in [-0.2, -0.15) is 0 Å². The molecule has 0 fully saturated rings. The summed E-state index contributed by atoms with van der Waals surface area (Å²) in [6.07, 6.45) is 0. The first-order valence-electron chi connectivity index (χ1n) is 7.45. The number of amides is 1. The van der Waals surface area contributed by atoms with E-state index in [1.165, 1.54) is 36.0 Å². The van der Waals surface area contributed by atoms with Gasteiger partial charge >= 0.3 is 0 Å². The maximum Gasteiger partial charge on any atom is 0.234 e. The lowest BCUT2D eigenvalue weighted by Crippen LogP contribution is -2.14. The number of carbonyl (C=O) groups excluding carboxylic acids is 1. The number of ether oxygens (including phenoxy) is 1. The Kier molecular flexibility index (Phi) is 5.00. The number of aromatic nitrogens is 2. The molecule has 3 aromatic rings. The normalized spacial score (nSPS) is 10.8. The number of benzene rings is 2. The summed E-state index contributed by atoms with van der Waals surface area (Å²) in [5.74, 6) is 0.465. The highest BCUT2D eigenvalue weighted by atomic mass is 32.2. The van der Waals surface area contributed by atoms with Crippen LogP contribution in [0.2, 0.25) is 0 Å². The van der Waals surface area contributed by atoms with Crippen LogP contribution in [-0.2, 0) is 4.79 Å². The summed E-state index contributed by atoms with van der Waals surface area (Å²) >= 11 is 1.30. The number of rotatable bonds is 6. The Morgan fingerprint density at radius 2 is 2.08 bits per heavy atom. The van der Waals surface area contributed by atoms with Gasteiger partial charge in [0, 0.05) is 11.8 Å². The van der Waals surface area contributed by atoms with E-state index in [1.54, 1.807) is 0 Å². The molecule has 0 aliphatic carbocycles. The van der Waals surface area contributed by atoms with E-state index >= 15 is 0 Å². The number of carbonyl (C=O) groups is 1. The molecule has 1 amide bonds. The first-order valence-corrected chi connectivity index (χ1v) is 8.43. The molecule has 0 saturated carbocycles. The predicted octanol–water partition coefficient (Wildman–Crippen LogP) is 3.83. The summed E-state index contributed by atoms with van der Waals surface area (Å²) in [6, 6.07) is 11.3. The molecule has 7 heteroatoms. The Labute approximate surface area is 142 Å². The molecule has 0 aliphatic heterocycles. The molecule has 124 valence electrons. The van der Waals surface area contributed by atoms with Crippen LogP contribution in [0.1, 0.15) is 6.92 Å². The van der Waals surface area contributed by atoms with Crippen LogP contribution < -0.4 is 10.1 Å². The first-order chi connectivity index (χ1) is 11.6. The van der Waals surface area contributed by atoms with Crippen LogP contribution in [-0.4, -0.2) is 28.2 Å². The van der Waals surface area contributed by atoms with Crippen molar-refractivity contribution < 1.29 is 13.9 Å². The van der Waals surface area contributed by atoms with Gasteiger partial charge in [-0.25, -0.2) is 9.37 Å². The van der Waals surface area contributed by atoms with Crippen molar-refractivity contribution in [2.24, 2.45) is 0 Å². The number of hydrogen-bond donors (Lipinski definition) is 2. The Bertz CT molecular complexity index is 849. The number of nitrogens with one attached hydrogen (secondary N) is 2. The molecule has 0 spiro atoms. The minimum Gasteiger partial charge on any atom is -0.494 e. The number of imidazole rings is 1. The molecule has 1 heterocycles. The zero-order valence-corrected chi connectivity index (χ0v) is 13.8. The Hall–Kier alpha value is -2.54. The number of H-pyrrole nitrogens is 1. The second kappa shape index (κ2) is 7.35. The van der Waals surface area contributed by atoms with Crippen molar-refractivity contribution in [3.63, 3.8) is 0 Å².